The lowest BCUT2D eigenvalue weighted by molar-refractivity contribution is -0.132. The minimum absolute atomic E-state index is 0.0758. The van der Waals surface area contributed by atoms with Crippen LogP contribution >= 0.6 is 11.3 Å². The molecule has 1 unspecified atom stereocenters. The summed E-state index contributed by atoms with van der Waals surface area (Å²) in [5, 5.41) is 11.7. The van der Waals surface area contributed by atoms with Gasteiger partial charge in [-0.25, -0.2) is 9.78 Å². The van der Waals surface area contributed by atoms with Crippen LogP contribution in [0.25, 0.3) is 5.76 Å². The topological polar surface area (TPSA) is 115 Å². The number of thiazole rings is 1. The highest BCUT2D eigenvalue weighted by Crippen LogP contribution is 2.44. The van der Waals surface area contributed by atoms with Crippen LogP contribution in [0.5, 0.6) is 11.5 Å². The average Bonchev–Trinajstić information content (AvgIpc) is 3.47. The fraction of sp³-hybridized carbons (Fsp3) is 0.355. The number of benzene rings is 2. The van der Waals surface area contributed by atoms with E-state index in [9.17, 15) is 19.5 Å². The van der Waals surface area contributed by atoms with Gasteiger partial charge in [-0.05, 0) is 75.1 Å². The van der Waals surface area contributed by atoms with Gasteiger partial charge in [-0.15, -0.1) is 0 Å². The van der Waals surface area contributed by atoms with Crippen LogP contribution < -0.4 is 14.4 Å². The van der Waals surface area contributed by atoms with Gasteiger partial charge in [-0.3, -0.25) is 14.5 Å². The third kappa shape index (κ3) is 6.12. The van der Waals surface area contributed by atoms with Crippen molar-refractivity contribution in [3.05, 3.63) is 75.3 Å². The molecule has 1 aliphatic heterocycles. The largest absolute Gasteiger partial charge is 0.507 e. The first kappa shape index (κ1) is 29.8. The predicted octanol–water partition coefficient (Wildman–Crippen LogP) is 6.14. The number of aliphatic hydroxyl groups excluding tert-OH is 1. The Kier molecular flexibility index (Phi) is 9.44. The van der Waals surface area contributed by atoms with Crippen LogP contribution in [0.1, 0.15) is 71.7 Å². The second-order valence-corrected chi connectivity index (χ2v) is 10.5. The highest BCUT2D eigenvalue weighted by Gasteiger charge is 2.48. The molecule has 0 saturated carbocycles. The molecule has 1 aromatic heterocycles. The van der Waals surface area contributed by atoms with Crippen molar-refractivity contribution in [2.75, 3.05) is 24.7 Å². The number of hydrogen-bond acceptors (Lipinski definition) is 9. The number of aryl methyl sites for hydroxylation is 2. The number of nitrogens with zero attached hydrogens (tertiary/aromatic N) is 2. The molecular weight excluding hydrogens is 544 g/mol. The van der Waals surface area contributed by atoms with Gasteiger partial charge in [0.25, 0.3) is 5.78 Å². The Bertz CT molecular complexity index is 1480. The minimum Gasteiger partial charge on any atom is -0.507 e. The first-order valence-electron chi connectivity index (χ1n) is 13.6. The summed E-state index contributed by atoms with van der Waals surface area (Å²) in [7, 11) is 0. The maximum atomic E-state index is 13.6. The zero-order valence-corrected chi connectivity index (χ0v) is 24.7. The molecule has 0 aliphatic carbocycles. The first-order chi connectivity index (χ1) is 19.7. The summed E-state index contributed by atoms with van der Waals surface area (Å²) in [6, 6.07) is 11.2. The Hall–Kier alpha value is -4.18. The molecule has 9 nitrogen and oxygen atoms in total. The Morgan fingerprint density at radius 1 is 0.976 bits per heavy atom. The third-order valence-corrected chi connectivity index (χ3v) is 7.63. The molecule has 2 aromatic carbocycles. The summed E-state index contributed by atoms with van der Waals surface area (Å²) in [4.78, 5) is 45.6. The number of aliphatic hydroxyl groups is 1. The van der Waals surface area contributed by atoms with Crippen molar-refractivity contribution >= 4 is 39.9 Å². The number of ketones is 1. The highest BCUT2D eigenvalue weighted by atomic mass is 32.1. The second-order valence-electron chi connectivity index (χ2n) is 9.54. The van der Waals surface area contributed by atoms with Gasteiger partial charge in [0.15, 0.2) is 5.13 Å². The van der Waals surface area contributed by atoms with E-state index in [4.69, 9.17) is 14.2 Å². The van der Waals surface area contributed by atoms with Crippen LogP contribution in [0.15, 0.2) is 48.0 Å². The number of carbonyl (C=O) groups excluding carboxylic acids is 3. The van der Waals surface area contributed by atoms with Gasteiger partial charge in [-0.1, -0.05) is 37.3 Å². The van der Waals surface area contributed by atoms with Gasteiger partial charge in [0.2, 0.25) is 0 Å². The molecule has 0 spiro atoms. The van der Waals surface area contributed by atoms with E-state index in [1.54, 1.807) is 63.2 Å². The van der Waals surface area contributed by atoms with Crippen molar-refractivity contribution in [1.82, 2.24) is 4.98 Å². The molecule has 0 radical (unpaired) electrons. The maximum Gasteiger partial charge on any atom is 0.350 e. The molecule has 1 aliphatic rings. The Balaban J connectivity index is 1.86. The molecule has 2 heterocycles. The lowest BCUT2D eigenvalue weighted by Crippen LogP contribution is -2.29. The molecule has 1 N–H and O–H groups in total. The van der Waals surface area contributed by atoms with Gasteiger partial charge < -0.3 is 19.3 Å². The number of rotatable bonds is 11. The molecule has 1 atom stereocenters. The van der Waals surface area contributed by atoms with E-state index in [2.05, 4.69) is 4.98 Å². The van der Waals surface area contributed by atoms with Crippen molar-refractivity contribution in [1.29, 1.82) is 0 Å². The lowest BCUT2D eigenvalue weighted by atomic mass is 9.94. The van der Waals surface area contributed by atoms with E-state index in [0.717, 1.165) is 24.2 Å². The fourth-order valence-corrected chi connectivity index (χ4v) is 5.53. The van der Waals surface area contributed by atoms with Crippen LogP contribution in [0.3, 0.4) is 0 Å². The van der Waals surface area contributed by atoms with E-state index in [1.165, 1.54) is 4.90 Å². The van der Waals surface area contributed by atoms with Crippen molar-refractivity contribution < 1.29 is 33.7 Å². The van der Waals surface area contributed by atoms with E-state index in [1.807, 2.05) is 13.8 Å². The van der Waals surface area contributed by atoms with Crippen LogP contribution in [-0.4, -0.2) is 47.6 Å². The zero-order valence-electron chi connectivity index (χ0n) is 23.9. The molecule has 4 rings (SSSR count). The summed E-state index contributed by atoms with van der Waals surface area (Å²) in [5.41, 5.74) is 1.96. The molecule has 216 valence electrons. The van der Waals surface area contributed by atoms with Crippen molar-refractivity contribution in [2.45, 2.75) is 53.5 Å². The standard InChI is InChI=1S/C31H34N2O7S/c1-6-15-39-21-11-9-20(10-12-21)25-24(26(34)23-14-13-22(17-18(23)4)40-16-7-2)27(35)29(36)33(25)31-32-19(5)28(41-31)30(37)38-8-3/h9-14,17,25,34H,6-8,15-16H2,1-5H3/b26-24+. The zero-order chi connectivity index (χ0) is 29.7. The summed E-state index contributed by atoms with van der Waals surface area (Å²) in [6.07, 6.45) is 1.69. The molecule has 10 heteroatoms. The number of aromatic nitrogens is 1. The van der Waals surface area contributed by atoms with E-state index < -0.39 is 23.7 Å². The molecule has 1 amide bonds. The fourth-order valence-electron chi connectivity index (χ4n) is 4.54. The van der Waals surface area contributed by atoms with E-state index in [0.29, 0.717) is 47.1 Å². The summed E-state index contributed by atoms with van der Waals surface area (Å²) < 4.78 is 16.6. The van der Waals surface area contributed by atoms with Crippen molar-refractivity contribution in [3.8, 4) is 11.5 Å². The van der Waals surface area contributed by atoms with Gasteiger partial charge in [0, 0.05) is 5.56 Å². The number of anilines is 1. The van der Waals surface area contributed by atoms with Crippen molar-refractivity contribution in [3.63, 3.8) is 0 Å². The van der Waals surface area contributed by atoms with Crippen LogP contribution in [0, 0.1) is 13.8 Å². The summed E-state index contributed by atoms with van der Waals surface area (Å²) in [6.45, 7) is 10.4. The van der Waals surface area contributed by atoms with Crippen LogP contribution in [0.4, 0.5) is 5.13 Å². The maximum absolute atomic E-state index is 13.6. The Morgan fingerprint density at radius 3 is 2.22 bits per heavy atom. The number of carbonyl (C=O) groups is 3. The molecule has 41 heavy (non-hydrogen) atoms. The molecule has 0 bridgehead atoms. The number of hydrogen-bond donors (Lipinski definition) is 1. The van der Waals surface area contributed by atoms with Gasteiger partial charge in [0.1, 0.15) is 22.1 Å². The average molecular weight is 579 g/mol. The van der Waals surface area contributed by atoms with Crippen molar-refractivity contribution in [2.24, 2.45) is 0 Å². The number of Topliss-reactive ketones (excluding diaryl/α,β-unsaturated/α-hetero) is 1. The Labute approximate surface area is 243 Å². The smallest absolute Gasteiger partial charge is 0.350 e. The highest BCUT2D eigenvalue weighted by molar-refractivity contribution is 7.17. The molecule has 1 fully saturated rings. The minimum atomic E-state index is -0.994. The molecular formula is C31H34N2O7S. The van der Waals surface area contributed by atoms with Crippen LogP contribution in [0.2, 0.25) is 0 Å². The van der Waals surface area contributed by atoms with Gasteiger partial charge in [-0.2, -0.15) is 0 Å². The number of ether oxygens (including phenoxy) is 3. The quantitative estimate of drug-likeness (QED) is 0.125. The number of amides is 1. The number of esters is 1. The normalized spacial score (nSPS) is 16.2. The molecule has 3 aromatic rings. The summed E-state index contributed by atoms with van der Waals surface area (Å²) >= 11 is 0.967. The van der Waals surface area contributed by atoms with E-state index in [-0.39, 0.29) is 27.9 Å². The van der Waals surface area contributed by atoms with Gasteiger partial charge >= 0.3 is 11.9 Å². The summed E-state index contributed by atoms with van der Waals surface area (Å²) in [5.74, 6) is -1.28. The van der Waals surface area contributed by atoms with Gasteiger partial charge in [0.05, 0.1) is 37.1 Å². The van der Waals surface area contributed by atoms with E-state index >= 15 is 0 Å². The predicted molar refractivity (Wildman–Crippen MR) is 157 cm³/mol. The monoisotopic (exact) mass is 578 g/mol. The lowest BCUT2D eigenvalue weighted by Gasteiger charge is -2.23. The third-order valence-electron chi connectivity index (χ3n) is 6.49. The second kappa shape index (κ2) is 13.0. The van der Waals surface area contributed by atoms with Crippen LogP contribution in [-0.2, 0) is 14.3 Å². The molecule has 1 saturated heterocycles. The first-order valence-corrected chi connectivity index (χ1v) is 14.4. The Morgan fingerprint density at radius 2 is 1.61 bits per heavy atom. The SMILES string of the molecule is CCCOc1ccc(C2/C(=C(\O)c3ccc(OCCC)cc3C)C(=O)C(=O)N2c2nc(C)c(C(=O)OCC)s2)cc1.